The molecule has 0 aliphatic heterocycles. The molecule has 0 atom stereocenters. The highest BCUT2D eigenvalue weighted by Gasteiger charge is 2.09. The van der Waals surface area contributed by atoms with Crippen molar-refractivity contribution in [3.8, 4) is 5.75 Å². The molecule has 5 heteroatoms. The van der Waals surface area contributed by atoms with E-state index in [1.165, 1.54) is 4.88 Å². The maximum Gasteiger partial charge on any atom is 0.178 e. The van der Waals surface area contributed by atoms with E-state index >= 15 is 0 Å². The van der Waals surface area contributed by atoms with Gasteiger partial charge in [-0.15, -0.1) is 11.3 Å². The van der Waals surface area contributed by atoms with Crippen LogP contribution in [-0.2, 0) is 6.54 Å². The maximum absolute atomic E-state index is 5.78. The number of fused-ring (bicyclic) bond motifs is 1. The molecule has 0 saturated heterocycles. The first-order valence-electron chi connectivity index (χ1n) is 6.66. The van der Waals surface area contributed by atoms with Gasteiger partial charge in [-0.2, -0.15) is 0 Å². The lowest BCUT2D eigenvalue weighted by atomic mass is 10.3. The van der Waals surface area contributed by atoms with Gasteiger partial charge in [-0.25, -0.2) is 0 Å². The molecule has 1 N–H and O–H groups in total. The van der Waals surface area contributed by atoms with Crippen LogP contribution in [0.15, 0.2) is 35.7 Å². The molecule has 0 fully saturated rings. The number of thiophene rings is 1. The molecule has 3 aromatic rings. The van der Waals surface area contributed by atoms with Crippen LogP contribution in [0.2, 0.25) is 0 Å². The Balaban J connectivity index is 2.05. The first-order valence-corrected chi connectivity index (χ1v) is 7.95. The Bertz CT molecular complexity index is 756. The molecule has 3 rings (SSSR count). The quantitative estimate of drug-likeness (QED) is 0.698. The minimum atomic E-state index is 0.718. The average molecular weight is 304 g/mol. The van der Waals surface area contributed by atoms with Crippen molar-refractivity contribution < 1.29 is 4.74 Å². The van der Waals surface area contributed by atoms with Crippen molar-refractivity contribution in [3.63, 3.8) is 0 Å². The van der Waals surface area contributed by atoms with Crippen LogP contribution in [0.5, 0.6) is 5.75 Å². The Kier molecular flexibility index (Phi) is 3.89. The van der Waals surface area contributed by atoms with Crippen molar-refractivity contribution in [2.45, 2.75) is 19.9 Å². The number of nitrogens with zero attached hydrogens (tertiary/aromatic N) is 1. The molecule has 0 unspecified atom stereocenters. The van der Waals surface area contributed by atoms with Gasteiger partial charge in [0.1, 0.15) is 11.3 Å². The molecule has 0 aliphatic rings. The number of rotatable bonds is 5. The Labute approximate surface area is 126 Å². The van der Waals surface area contributed by atoms with Gasteiger partial charge in [0.25, 0.3) is 0 Å². The van der Waals surface area contributed by atoms with Gasteiger partial charge in [-0.1, -0.05) is 19.1 Å². The van der Waals surface area contributed by atoms with Gasteiger partial charge in [-0.05, 0) is 42.2 Å². The SMILES string of the molecule is CCCOc1cccc2c1[nH]c(=S)n2Cc1cccs1. The number of ether oxygens (including phenoxy) is 1. The van der Waals surface area contributed by atoms with Gasteiger partial charge in [-0.3, -0.25) is 0 Å². The lowest BCUT2D eigenvalue weighted by molar-refractivity contribution is 0.320. The van der Waals surface area contributed by atoms with Crippen LogP contribution >= 0.6 is 23.6 Å². The third kappa shape index (κ3) is 2.51. The summed E-state index contributed by atoms with van der Waals surface area (Å²) in [5, 5.41) is 2.09. The summed E-state index contributed by atoms with van der Waals surface area (Å²) >= 11 is 7.20. The number of imidazole rings is 1. The van der Waals surface area contributed by atoms with E-state index in [1.54, 1.807) is 11.3 Å². The lowest BCUT2D eigenvalue weighted by Crippen LogP contribution is -1.98. The van der Waals surface area contributed by atoms with Crippen LogP contribution in [0.1, 0.15) is 18.2 Å². The Morgan fingerprint density at radius 2 is 2.20 bits per heavy atom. The second-order valence-electron chi connectivity index (χ2n) is 4.59. The van der Waals surface area contributed by atoms with Crippen LogP contribution in [0.25, 0.3) is 11.0 Å². The second kappa shape index (κ2) is 5.81. The van der Waals surface area contributed by atoms with Gasteiger partial charge < -0.3 is 14.3 Å². The van der Waals surface area contributed by atoms with Crippen LogP contribution < -0.4 is 4.74 Å². The summed E-state index contributed by atoms with van der Waals surface area (Å²) in [7, 11) is 0. The van der Waals surface area contributed by atoms with E-state index < -0.39 is 0 Å². The smallest absolute Gasteiger partial charge is 0.178 e. The largest absolute Gasteiger partial charge is 0.491 e. The van der Waals surface area contributed by atoms with E-state index in [1.807, 2.05) is 12.1 Å². The van der Waals surface area contributed by atoms with Crippen molar-refractivity contribution in [1.29, 1.82) is 0 Å². The van der Waals surface area contributed by atoms with E-state index in [4.69, 9.17) is 17.0 Å². The van der Waals surface area contributed by atoms with Gasteiger partial charge in [0, 0.05) is 4.88 Å². The number of hydrogen-bond donors (Lipinski definition) is 1. The van der Waals surface area contributed by atoms with Crippen molar-refractivity contribution in [2.75, 3.05) is 6.61 Å². The zero-order valence-corrected chi connectivity index (χ0v) is 12.9. The summed E-state index contributed by atoms with van der Waals surface area (Å²) in [5.74, 6) is 0.875. The molecule has 1 aromatic carbocycles. The van der Waals surface area contributed by atoms with Gasteiger partial charge >= 0.3 is 0 Å². The zero-order chi connectivity index (χ0) is 13.9. The van der Waals surface area contributed by atoms with E-state index in [0.29, 0.717) is 0 Å². The molecule has 2 aromatic heterocycles. The summed E-state index contributed by atoms with van der Waals surface area (Å²) in [6, 6.07) is 10.3. The van der Waals surface area contributed by atoms with Crippen LogP contribution in [-0.4, -0.2) is 16.2 Å². The fourth-order valence-corrected chi connectivity index (χ4v) is 3.16. The number of aromatic nitrogens is 2. The molecule has 3 nitrogen and oxygen atoms in total. The van der Waals surface area contributed by atoms with Gasteiger partial charge in [0.2, 0.25) is 0 Å². The van der Waals surface area contributed by atoms with E-state index in [9.17, 15) is 0 Å². The number of para-hydroxylation sites is 1. The molecule has 20 heavy (non-hydrogen) atoms. The van der Waals surface area contributed by atoms with Gasteiger partial charge in [0.15, 0.2) is 4.77 Å². The standard InChI is InChI=1S/C15H16N2OS2/c1-2-8-18-13-7-3-6-12-14(13)16-15(19)17(12)10-11-5-4-9-20-11/h3-7,9H,2,8,10H2,1H3,(H,16,19). The fourth-order valence-electron chi connectivity index (χ4n) is 2.20. The number of hydrogen-bond acceptors (Lipinski definition) is 3. The molecular weight excluding hydrogens is 288 g/mol. The lowest BCUT2D eigenvalue weighted by Gasteiger charge is -2.06. The Morgan fingerprint density at radius 1 is 1.30 bits per heavy atom. The first-order chi connectivity index (χ1) is 9.79. The Morgan fingerprint density at radius 3 is 2.95 bits per heavy atom. The molecule has 0 bridgehead atoms. The second-order valence-corrected chi connectivity index (χ2v) is 6.01. The van der Waals surface area contributed by atoms with E-state index in [-0.39, 0.29) is 0 Å². The molecule has 2 heterocycles. The minimum Gasteiger partial charge on any atom is -0.491 e. The summed E-state index contributed by atoms with van der Waals surface area (Å²) < 4.78 is 8.64. The van der Waals surface area contributed by atoms with Gasteiger partial charge in [0.05, 0.1) is 18.7 Å². The monoisotopic (exact) mass is 304 g/mol. The summed E-state index contributed by atoms with van der Waals surface area (Å²) in [4.78, 5) is 4.57. The van der Waals surface area contributed by atoms with Crippen molar-refractivity contribution in [1.82, 2.24) is 9.55 Å². The number of H-pyrrole nitrogens is 1. The molecular formula is C15H16N2OS2. The van der Waals surface area contributed by atoms with Crippen molar-refractivity contribution in [2.24, 2.45) is 0 Å². The summed E-state index contributed by atoms with van der Waals surface area (Å²) in [6.07, 6.45) is 0.993. The summed E-state index contributed by atoms with van der Waals surface area (Å²) in [5.41, 5.74) is 2.08. The minimum absolute atomic E-state index is 0.718. The van der Waals surface area contributed by atoms with Crippen LogP contribution in [0, 0.1) is 4.77 Å². The normalized spacial score (nSPS) is 11.1. The van der Waals surface area contributed by atoms with E-state index in [2.05, 4.69) is 40.1 Å². The number of nitrogens with one attached hydrogen (secondary N) is 1. The van der Waals surface area contributed by atoms with Crippen molar-refractivity contribution >= 4 is 34.6 Å². The molecule has 0 aliphatic carbocycles. The Hall–Kier alpha value is -1.59. The molecule has 0 saturated carbocycles. The highest BCUT2D eigenvalue weighted by molar-refractivity contribution is 7.71. The third-order valence-corrected chi connectivity index (χ3v) is 4.31. The average Bonchev–Trinajstić information content (AvgIpc) is 3.06. The predicted molar refractivity (Wildman–Crippen MR) is 86.3 cm³/mol. The van der Waals surface area contributed by atoms with Crippen LogP contribution in [0.3, 0.4) is 0 Å². The topological polar surface area (TPSA) is 29.9 Å². The van der Waals surface area contributed by atoms with Crippen LogP contribution in [0.4, 0.5) is 0 Å². The predicted octanol–water partition coefficient (Wildman–Crippen LogP) is 4.60. The number of aromatic amines is 1. The zero-order valence-electron chi connectivity index (χ0n) is 11.3. The third-order valence-electron chi connectivity index (χ3n) is 3.13. The fraction of sp³-hybridized carbons (Fsp3) is 0.267. The van der Waals surface area contributed by atoms with Crippen molar-refractivity contribution in [3.05, 3.63) is 45.4 Å². The number of benzene rings is 1. The van der Waals surface area contributed by atoms with E-state index in [0.717, 1.165) is 41.1 Å². The summed E-state index contributed by atoms with van der Waals surface area (Å²) in [6.45, 7) is 3.62. The molecule has 104 valence electrons. The highest BCUT2D eigenvalue weighted by Crippen LogP contribution is 2.26. The highest BCUT2D eigenvalue weighted by atomic mass is 32.1. The molecule has 0 spiro atoms. The first kappa shape index (κ1) is 13.4. The molecule has 0 amide bonds. The maximum atomic E-state index is 5.78. The molecule has 0 radical (unpaired) electrons.